The molecule has 3 rings (SSSR count). The first-order valence-corrected chi connectivity index (χ1v) is 8.79. The Bertz CT molecular complexity index is 918. The summed E-state index contributed by atoms with van der Waals surface area (Å²) in [6, 6.07) is 19.2. The van der Waals surface area contributed by atoms with Crippen LogP contribution in [0.2, 0.25) is 0 Å². The van der Waals surface area contributed by atoms with Gasteiger partial charge in [-0.05, 0) is 60.3 Å². The smallest absolute Gasteiger partial charge is 0.338 e. The minimum absolute atomic E-state index is 0.212. The zero-order valence-corrected chi connectivity index (χ0v) is 14.7. The van der Waals surface area contributed by atoms with Gasteiger partial charge in [0, 0.05) is 6.04 Å². The lowest BCUT2D eigenvalue weighted by molar-refractivity contribution is 0.0691. The molecule has 0 aliphatic carbocycles. The topological polar surface area (TPSA) is 49.3 Å². The van der Waals surface area contributed by atoms with E-state index in [2.05, 4.69) is 42.6 Å². The second-order valence-corrected chi connectivity index (χ2v) is 6.47. The first kappa shape index (κ1) is 18.1. The molecule has 0 fully saturated rings. The van der Waals surface area contributed by atoms with E-state index in [4.69, 9.17) is 5.11 Å². The number of carboxylic acids is 1. The molecule has 0 amide bonds. The van der Waals surface area contributed by atoms with Crippen LogP contribution in [-0.2, 0) is 6.42 Å². The summed E-state index contributed by atoms with van der Waals surface area (Å²) >= 11 is 0. The van der Waals surface area contributed by atoms with Crippen molar-refractivity contribution in [3.63, 3.8) is 0 Å². The van der Waals surface area contributed by atoms with Crippen molar-refractivity contribution in [2.45, 2.75) is 25.8 Å². The summed E-state index contributed by atoms with van der Waals surface area (Å²) in [6.45, 7) is 2.94. The van der Waals surface area contributed by atoms with Gasteiger partial charge in [0.2, 0.25) is 0 Å². The molecule has 0 saturated carbocycles. The van der Waals surface area contributed by atoms with Crippen LogP contribution in [0.3, 0.4) is 0 Å². The summed E-state index contributed by atoms with van der Waals surface area (Å²) in [5.74, 6) is -1.92. The van der Waals surface area contributed by atoms with E-state index in [0.29, 0.717) is 6.42 Å². The predicted molar refractivity (Wildman–Crippen MR) is 102 cm³/mol. The highest BCUT2D eigenvalue weighted by Gasteiger charge is 2.11. The van der Waals surface area contributed by atoms with Crippen molar-refractivity contribution in [3.8, 4) is 0 Å². The normalized spacial score (nSPS) is 12.2. The Balaban J connectivity index is 1.58. The summed E-state index contributed by atoms with van der Waals surface area (Å²) in [7, 11) is 0. The van der Waals surface area contributed by atoms with Gasteiger partial charge in [0.25, 0.3) is 0 Å². The highest BCUT2D eigenvalue weighted by molar-refractivity contribution is 5.88. The van der Waals surface area contributed by atoms with Crippen LogP contribution < -0.4 is 5.32 Å². The zero-order valence-electron chi connectivity index (χ0n) is 14.7. The molecule has 3 nitrogen and oxygen atoms in total. The lowest BCUT2D eigenvalue weighted by atomic mass is 9.99. The van der Waals surface area contributed by atoms with Crippen molar-refractivity contribution in [1.29, 1.82) is 0 Å². The van der Waals surface area contributed by atoms with Gasteiger partial charge in [-0.25, -0.2) is 9.18 Å². The summed E-state index contributed by atoms with van der Waals surface area (Å²) in [5.41, 5.74) is 1.83. The number of benzene rings is 3. The van der Waals surface area contributed by atoms with Crippen LogP contribution in [0.4, 0.5) is 4.39 Å². The number of carbonyl (C=O) groups is 1. The van der Waals surface area contributed by atoms with E-state index in [1.54, 1.807) is 6.07 Å². The lowest BCUT2D eigenvalue weighted by Crippen LogP contribution is -2.20. The van der Waals surface area contributed by atoms with Gasteiger partial charge >= 0.3 is 5.97 Å². The highest BCUT2D eigenvalue weighted by atomic mass is 19.1. The third-order valence-corrected chi connectivity index (χ3v) is 4.64. The van der Waals surface area contributed by atoms with E-state index < -0.39 is 11.8 Å². The first-order valence-electron chi connectivity index (χ1n) is 8.79. The van der Waals surface area contributed by atoms with Crippen LogP contribution in [0.15, 0.2) is 60.7 Å². The summed E-state index contributed by atoms with van der Waals surface area (Å²) in [4.78, 5) is 11.0. The van der Waals surface area contributed by atoms with Crippen LogP contribution in [0.1, 0.15) is 40.9 Å². The fourth-order valence-electron chi connectivity index (χ4n) is 3.24. The third-order valence-electron chi connectivity index (χ3n) is 4.64. The average molecular weight is 351 g/mol. The van der Waals surface area contributed by atoms with Crippen LogP contribution in [0.25, 0.3) is 10.8 Å². The molecule has 3 aromatic rings. The quantitative estimate of drug-likeness (QED) is 0.592. The molecule has 2 N–H and O–H groups in total. The van der Waals surface area contributed by atoms with Crippen LogP contribution in [0, 0.1) is 5.82 Å². The number of carboxylic acid groups (broad SMARTS) is 1. The second kappa shape index (κ2) is 8.11. The Kier molecular flexibility index (Phi) is 5.64. The Hall–Kier alpha value is -2.72. The monoisotopic (exact) mass is 351 g/mol. The van der Waals surface area contributed by atoms with Gasteiger partial charge in [-0.2, -0.15) is 0 Å². The van der Waals surface area contributed by atoms with Gasteiger partial charge in [0.05, 0.1) is 5.56 Å². The molecular formula is C22H22FNO2. The molecule has 134 valence electrons. The maximum Gasteiger partial charge on any atom is 0.338 e. The molecule has 0 aliphatic rings. The fraction of sp³-hybridized carbons (Fsp3) is 0.227. The summed E-state index contributed by atoms with van der Waals surface area (Å²) in [5, 5.41) is 15.0. The Morgan fingerprint density at radius 1 is 1.12 bits per heavy atom. The molecule has 26 heavy (non-hydrogen) atoms. The minimum Gasteiger partial charge on any atom is -0.478 e. The molecule has 0 unspecified atom stereocenters. The molecule has 0 bridgehead atoms. The number of hydrogen-bond donors (Lipinski definition) is 2. The predicted octanol–water partition coefficient (Wildman–Crippen LogP) is 4.96. The number of aromatic carboxylic acids is 1. The van der Waals surface area contributed by atoms with Crippen LogP contribution >= 0.6 is 0 Å². The maximum absolute atomic E-state index is 13.4. The van der Waals surface area contributed by atoms with E-state index in [9.17, 15) is 9.18 Å². The van der Waals surface area contributed by atoms with Gasteiger partial charge in [-0.3, -0.25) is 0 Å². The molecule has 0 aliphatic heterocycles. The molecule has 0 saturated heterocycles. The molecule has 1 atom stereocenters. The van der Waals surface area contributed by atoms with E-state index >= 15 is 0 Å². The Morgan fingerprint density at radius 2 is 1.88 bits per heavy atom. The van der Waals surface area contributed by atoms with E-state index in [1.165, 1.54) is 28.5 Å². The molecule has 4 heteroatoms. The van der Waals surface area contributed by atoms with Gasteiger partial charge < -0.3 is 10.4 Å². The molecule has 0 aromatic heterocycles. The largest absolute Gasteiger partial charge is 0.478 e. The van der Waals surface area contributed by atoms with Gasteiger partial charge in [0.15, 0.2) is 0 Å². The first-order chi connectivity index (χ1) is 12.6. The SMILES string of the molecule is C[C@@H](NCCCc1ccc(F)c(C(=O)O)c1)c1cccc2ccccc12. The van der Waals surface area contributed by atoms with Crippen molar-refractivity contribution in [1.82, 2.24) is 5.32 Å². The van der Waals surface area contributed by atoms with Gasteiger partial charge in [0.1, 0.15) is 5.82 Å². The number of hydrogen-bond acceptors (Lipinski definition) is 2. The standard InChI is InChI=1S/C22H22FNO2/c1-15(18-10-4-8-17-7-2-3-9-19(17)18)24-13-5-6-16-11-12-21(23)20(14-16)22(25)26/h2-4,7-12,14-15,24H,5-6,13H2,1H3,(H,25,26)/t15-/m1/s1. The highest BCUT2D eigenvalue weighted by Crippen LogP contribution is 2.24. The second-order valence-electron chi connectivity index (χ2n) is 6.47. The summed E-state index contributed by atoms with van der Waals surface area (Å²) < 4.78 is 13.4. The number of halogens is 1. The van der Waals surface area contributed by atoms with Crippen molar-refractivity contribution in [2.24, 2.45) is 0 Å². The number of fused-ring (bicyclic) bond motifs is 1. The van der Waals surface area contributed by atoms with Crippen molar-refractivity contribution < 1.29 is 14.3 Å². The molecule has 0 spiro atoms. The number of aryl methyl sites for hydroxylation is 1. The van der Waals surface area contributed by atoms with Crippen molar-refractivity contribution in [3.05, 3.63) is 83.2 Å². The van der Waals surface area contributed by atoms with E-state index in [1.807, 2.05) is 12.1 Å². The molecular weight excluding hydrogens is 329 g/mol. The lowest BCUT2D eigenvalue weighted by Gasteiger charge is -2.16. The number of rotatable bonds is 7. The molecule has 0 heterocycles. The van der Waals surface area contributed by atoms with Crippen LogP contribution in [0.5, 0.6) is 0 Å². The maximum atomic E-state index is 13.4. The van der Waals surface area contributed by atoms with Gasteiger partial charge in [-0.1, -0.05) is 48.5 Å². The Labute approximate surface area is 152 Å². The fourth-order valence-corrected chi connectivity index (χ4v) is 3.24. The van der Waals surface area contributed by atoms with Crippen molar-refractivity contribution in [2.75, 3.05) is 6.54 Å². The number of nitrogens with one attached hydrogen (secondary N) is 1. The van der Waals surface area contributed by atoms with Crippen molar-refractivity contribution >= 4 is 16.7 Å². The average Bonchev–Trinajstić information content (AvgIpc) is 2.65. The molecule has 0 radical (unpaired) electrons. The third kappa shape index (κ3) is 4.09. The molecule has 3 aromatic carbocycles. The van der Waals surface area contributed by atoms with Crippen LogP contribution in [-0.4, -0.2) is 17.6 Å². The minimum atomic E-state index is -1.23. The van der Waals surface area contributed by atoms with E-state index in [0.717, 1.165) is 18.5 Å². The summed E-state index contributed by atoms with van der Waals surface area (Å²) in [6.07, 6.45) is 1.55. The van der Waals surface area contributed by atoms with Gasteiger partial charge in [-0.15, -0.1) is 0 Å². The zero-order chi connectivity index (χ0) is 18.5. The Morgan fingerprint density at radius 3 is 2.69 bits per heavy atom. The van der Waals surface area contributed by atoms with E-state index in [-0.39, 0.29) is 11.6 Å².